The number of nitrogens with one attached hydrogen (secondary N) is 1. The van der Waals surface area contributed by atoms with E-state index in [1.165, 1.54) is 16.4 Å². The Kier molecular flexibility index (Phi) is 10.2. The van der Waals surface area contributed by atoms with Crippen LogP contribution in [0.5, 0.6) is 11.5 Å². The highest BCUT2D eigenvalue weighted by Gasteiger charge is 2.26. The fraction of sp³-hybridized carbons (Fsp3) is 0.480. The summed E-state index contributed by atoms with van der Waals surface area (Å²) >= 11 is 0. The lowest BCUT2D eigenvalue weighted by Crippen LogP contribution is -2.41. The van der Waals surface area contributed by atoms with Crippen LogP contribution in [0.1, 0.15) is 32.6 Å². The first-order valence-electron chi connectivity index (χ1n) is 12.3. The quantitative estimate of drug-likeness (QED) is 0.378. The lowest BCUT2D eigenvalue weighted by molar-refractivity contribution is -0.119. The van der Waals surface area contributed by atoms with E-state index in [-0.39, 0.29) is 24.6 Å². The summed E-state index contributed by atoms with van der Waals surface area (Å²) in [5, 5.41) is 2.65. The number of ether oxygens (including phenoxy) is 2. The lowest BCUT2D eigenvalue weighted by Gasteiger charge is -2.25. The van der Waals surface area contributed by atoms with Crippen molar-refractivity contribution in [3.8, 4) is 11.5 Å². The minimum atomic E-state index is -3.69. The van der Waals surface area contributed by atoms with E-state index in [1.807, 2.05) is 6.92 Å². The van der Waals surface area contributed by atoms with Gasteiger partial charge in [0.15, 0.2) is 0 Å². The summed E-state index contributed by atoms with van der Waals surface area (Å²) in [5.74, 6) is 0.607. The zero-order valence-electron chi connectivity index (χ0n) is 21.3. The van der Waals surface area contributed by atoms with Gasteiger partial charge in [0.1, 0.15) is 24.7 Å². The largest absolute Gasteiger partial charge is 0.494 e. The highest BCUT2D eigenvalue weighted by molar-refractivity contribution is 7.92. The molecular formula is C25H35N3O7S2. The van der Waals surface area contributed by atoms with E-state index in [4.69, 9.17) is 9.47 Å². The van der Waals surface area contributed by atoms with Gasteiger partial charge in [-0.25, -0.2) is 16.8 Å². The van der Waals surface area contributed by atoms with Gasteiger partial charge in [0.2, 0.25) is 26.0 Å². The van der Waals surface area contributed by atoms with Gasteiger partial charge in [-0.1, -0.05) is 13.3 Å². The molecule has 2 aromatic rings. The number of benzene rings is 2. The third kappa shape index (κ3) is 8.34. The van der Waals surface area contributed by atoms with Gasteiger partial charge in [0, 0.05) is 13.1 Å². The number of nitrogens with zero attached hydrogens (tertiary/aromatic N) is 2. The van der Waals surface area contributed by atoms with Crippen molar-refractivity contribution in [2.24, 2.45) is 0 Å². The molecule has 1 N–H and O–H groups in total. The highest BCUT2D eigenvalue weighted by atomic mass is 32.2. The van der Waals surface area contributed by atoms with E-state index in [2.05, 4.69) is 5.32 Å². The maximum absolute atomic E-state index is 12.7. The van der Waals surface area contributed by atoms with Crippen molar-refractivity contribution in [1.29, 1.82) is 0 Å². The Morgan fingerprint density at radius 1 is 0.892 bits per heavy atom. The van der Waals surface area contributed by atoms with Crippen molar-refractivity contribution >= 4 is 31.6 Å². The second-order valence-corrected chi connectivity index (χ2v) is 12.6. The average molecular weight is 554 g/mol. The normalized spacial score (nSPS) is 14.6. The highest BCUT2D eigenvalue weighted by Crippen LogP contribution is 2.23. The summed E-state index contributed by atoms with van der Waals surface area (Å²) in [4.78, 5) is 12.7. The molecule has 1 fully saturated rings. The summed E-state index contributed by atoms with van der Waals surface area (Å²) in [7, 11) is -7.20. The van der Waals surface area contributed by atoms with Gasteiger partial charge in [-0.05, 0) is 67.8 Å². The average Bonchev–Trinajstić information content (AvgIpc) is 2.89. The van der Waals surface area contributed by atoms with Crippen LogP contribution in [0, 0.1) is 0 Å². The van der Waals surface area contributed by atoms with Crippen LogP contribution < -0.4 is 19.1 Å². The Morgan fingerprint density at radius 3 is 2.03 bits per heavy atom. The number of carbonyl (C=O) groups is 1. The second-order valence-electron chi connectivity index (χ2n) is 8.75. The molecular weight excluding hydrogens is 518 g/mol. The van der Waals surface area contributed by atoms with E-state index < -0.39 is 26.0 Å². The third-order valence-corrected chi connectivity index (χ3v) is 8.81. The van der Waals surface area contributed by atoms with E-state index in [0.717, 1.165) is 36.2 Å². The van der Waals surface area contributed by atoms with E-state index >= 15 is 0 Å². The zero-order valence-corrected chi connectivity index (χ0v) is 22.9. The maximum Gasteiger partial charge on any atom is 0.243 e. The minimum absolute atomic E-state index is 0.131. The number of piperidine rings is 1. The summed E-state index contributed by atoms with van der Waals surface area (Å²) < 4.78 is 63.7. The van der Waals surface area contributed by atoms with Gasteiger partial charge in [-0.3, -0.25) is 9.10 Å². The van der Waals surface area contributed by atoms with Crippen LogP contribution >= 0.6 is 0 Å². The smallest absolute Gasteiger partial charge is 0.243 e. The number of hydrogen-bond acceptors (Lipinski definition) is 7. The molecule has 3 rings (SSSR count). The molecule has 10 nitrogen and oxygen atoms in total. The topological polar surface area (TPSA) is 122 Å². The summed E-state index contributed by atoms with van der Waals surface area (Å²) in [6.45, 7) is 3.52. The molecule has 0 aliphatic carbocycles. The Hall–Kier alpha value is -2.83. The van der Waals surface area contributed by atoms with E-state index in [1.54, 1.807) is 36.4 Å². The van der Waals surface area contributed by atoms with Gasteiger partial charge >= 0.3 is 0 Å². The summed E-state index contributed by atoms with van der Waals surface area (Å²) in [5.41, 5.74) is 0.359. The van der Waals surface area contributed by atoms with Crippen molar-refractivity contribution in [1.82, 2.24) is 9.62 Å². The van der Waals surface area contributed by atoms with Gasteiger partial charge < -0.3 is 14.8 Å². The Bertz CT molecular complexity index is 1230. The second kappa shape index (κ2) is 13.1. The van der Waals surface area contributed by atoms with Crippen molar-refractivity contribution in [2.75, 3.05) is 50.0 Å². The first-order valence-corrected chi connectivity index (χ1v) is 15.6. The molecule has 0 unspecified atom stereocenters. The molecule has 1 aliphatic heterocycles. The Balaban J connectivity index is 1.48. The van der Waals surface area contributed by atoms with Crippen LogP contribution in [-0.4, -0.2) is 72.7 Å². The molecule has 0 radical (unpaired) electrons. The number of carbonyl (C=O) groups excluding carboxylic acids is 1. The molecule has 0 bridgehead atoms. The number of anilines is 1. The molecule has 1 amide bonds. The van der Waals surface area contributed by atoms with Gasteiger partial charge in [0.25, 0.3) is 0 Å². The Labute approximate surface area is 219 Å². The SMILES string of the molecule is CCCOc1ccc(N(CC(=O)NCCOc2ccc(S(=O)(=O)N3CCCCC3)cc2)S(C)(=O)=O)cc1. The molecule has 1 saturated heterocycles. The molecule has 37 heavy (non-hydrogen) atoms. The molecule has 0 saturated carbocycles. The Morgan fingerprint density at radius 2 is 1.46 bits per heavy atom. The minimum Gasteiger partial charge on any atom is -0.494 e. The van der Waals surface area contributed by atoms with Crippen molar-refractivity contribution in [3.63, 3.8) is 0 Å². The number of amides is 1. The molecule has 1 heterocycles. The predicted molar refractivity (Wildman–Crippen MR) is 142 cm³/mol. The maximum atomic E-state index is 12.7. The molecule has 2 aromatic carbocycles. The monoisotopic (exact) mass is 553 g/mol. The number of sulfonamides is 2. The first kappa shape index (κ1) is 28.7. The molecule has 0 atom stereocenters. The van der Waals surface area contributed by atoms with Crippen molar-refractivity contribution < 1.29 is 31.1 Å². The van der Waals surface area contributed by atoms with Crippen LogP contribution in [0.25, 0.3) is 0 Å². The first-order chi connectivity index (χ1) is 17.6. The molecule has 1 aliphatic rings. The van der Waals surface area contributed by atoms with Crippen molar-refractivity contribution in [2.45, 2.75) is 37.5 Å². The zero-order chi connectivity index (χ0) is 26.9. The van der Waals surface area contributed by atoms with Gasteiger partial charge in [0.05, 0.1) is 30.0 Å². The molecule has 12 heteroatoms. The summed E-state index contributed by atoms with van der Waals surface area (Å²) in [6, 6.07) is 12.7. The van der Waals surface area contributed by atoms with Crippen LogP contribution in [0.2, 0.25) is 0 Å². The van der Waals surface area contributed by atoms with E-state index in [9.17, 15) is 21.6 Å². The number of rotatable bonds is 13. The molecule has 0 aromatic heterocycles. The predicted octanol–water partition coefficient (Wildman–Crippen LogP) is 2.61. The van der Waals surface area contributed by atoms with E-state index in [0.29, 0.717) is 36.9 Å². The molecule has 204 valence electrons. The van der Waals surface area contributed by atoms with Crippen molar-refractivity contribution in [3.05, 3.63) is 48.5 Å². The van der Waals surface area contributed by atoms with Crippen LogP contribution in [0.4, 0.5) is 5.69 Å². The van der Waals surface area contributed by atoms with Gasteiger partial charge in [-0.15, -0.1) is 0 Å². The fourth-order valence-electron chi connectivity index (χ4n) is 3.84. The van der Waals surface area contributed by atoms with Gasteiger partial charge in [-0.2, -0.15) is 4.31 Å². The van der Waals surface area contributed by atoms with Crippen LogP contribution in [-0.2, 0) is 24.8 Å². The summed E-state index contributed by atoms with van der Waals surface area (Å²) in [6.07, 6.45) is 4.68. The van der Waals surface area contributed by atoms with Crippen LogP contribution in [0.3, 0.4) is 0 Å². The third-order valence-electron chi connectivity index (χ3n) is 5.75. The number of hydrogen-bond donors (Lipinski definition) is 1. The standard InChI is InChI=1S/C25H35N3O7S2/c1-3-18-34-22-9-7-21(8-10-22)28(36(2,30)31)20-25(29)26-15-19-35-23-11-13-24(14-12-23)37(32,33)27-16-5-4-6-17-27/h7-14H,3-6,15-20H2,1-2H3,(H,26,29). The molecule has 0 spiro atoms. The fourth-order valence-corrected chi connectivity index (χ4v) is 6.21. The van der Waals surface area contributed by atoms with Crippen LogP contribution in [0.15, 0.2) is 53.4 Å². The lowest BCUT2D eigenvalue weighted by atomic mass is 10.2.